The molecule has 0 unspecified atom stereocenters. The number of ether oxygens (including phenoxy) is 3. The van der Waals surface area contributed by atoms with Crippen molar-refractivity contribution in [2.24, 2.45) is 5.10 Å². The number of alkyl halides is 2. The molecule has 128 valence electrons. The van der Waals surface area contributed by atoms with Crippen molar-refractivity contribution in [3.05, 3.63) is 40.1 Å². The molecule has 0 aliphatic heterocycles. The highest BCUT2D eigenvalue weighted by molar-refractivity contribution is 7.12. The summed E-state index contributed by atoms with van der Waals surface area (Å²) in [4.78, 5) is 12.3. The predicted octanol–water partition coefficient (Wildman–Crippen LogP) is 3.13. The first-order valence-electron chi connectivity index (χ1n) is 6.63. The van der Waals surface area contributed by atoms with Crippen molar-refractivity contribution >= 4 is 23.5 Å². The number of halogens is 2. The van der Waals surface area contributed by atoms with Crippen LogP contribution < -0.4 is 19.6 Å². The van der Waals surface area contributed by atoms with Gasteiger partial charge in [0.25, 0.3) is 5.91 Å². The molecular weight excluding hydrogens is 342 g/mol. The minimum atomic E-state index is -3.02. The Bertz CT molecular complexity index is 695. The zero-order valence-corrected chi connectivity index (χ0v) is 13.6. The molecular formula is C15H14F2N2O4S. The maximum Gasteiger partial charge on any atom is 0.387 e. The van der Waals surface area contributed by atoms with Crippen LogP contribution in [0.2, 0.25) is 0 Å². The molecule has 0 saturated carbocycles. The van der Waals surface area contributed by atoms with Crippen molar-refractivity contribution in [1.82, 2.24) is 5.43 Å². The number of amides is 1. The van der Waals surface area contributed by atoms with Gasteiger partial charge in [0.2, 0.25) is 5.75 Å². The second-order valence-corrected chi connectivity index (χ2v) is 5.26. The van der Waals surface area contributed by atoms with E-state index in [1.165, 1.54) is 43.9 Å². The first-order chi connectivity index (χ1) is 11.5. The van der Waals surface area contributed by atoms with Gasteiger partial charge in [-0.05, 0) is 23.6 Å². The highest BCUT2D eigenvalue weighted by atomic mass is 32.1. The molecule has 1 aromatic carbocycles. The van der Waals surface area contributed by atoms with Gasteiger partial charge in [-0.2, -0.15) is 13.9 Å². The minimum absolute atomic E-state index is 0.0562. The lowest BCUT2D eigenvalue weighted by Gasteiger charge is -2.14. The number of hydrogen-bond donors (Lipinski definition) is 1. The Kier molecular flexibility index (Phi) is 6.07. The number of methoxy groups -OCH3 is 2. The van der Waals surface area contributed by atoms with Crippen LogP contribution >= 0.6 is 11.3 Å². The van der Waals surface area contributed by atoms with Gasteiger partial charge in [0.1, 0.15) is 0 Å². The van der Waals surface area contributed by atoms with E-state index in [0.29, 0.717) is 10.4 Å². The topological polar surface area (TPSA) is 69.2 Å². The summed E-state index contributed by atoms with van der Waals surface area (Å²) in [6, 6.07) is 6.28. The Labute approximate surface area is 140 Å². The first kappa shape index (κ1) is 17.7. The van der Waals surface area contributed by atoms with Crippen molar-refractivity contribution in [3.8, 4) is 17.2 Å². The Morgan fingerprint density at radius 2 is 1.96 bits per heavy atom. The van der Waals surface area contributed by atoms with Crippen LogP contribution in [0.5, 0.6) is 17.2 Å². The SMILES string of the molecule is COc1cc(/C=N\NC(=O)c2cccs2)cc(OC)c1OC(F)F. The highest BCUT2D eigenvalue weighted by Gasteiger charge is 2.17. The lowest BCUT2D eigenvalue weighted by atomic mass is 10.2. The zero-order valence-electron chi connectivity index (χ0n) is 12.8. The van der Waals surface area contributed by atoms with Gasteiger partial charge in [0.15, 0.2) is 11.5 Å². The molecule has 0 fully saturated rings. The van der Waals surface area contributed by atoms with Gasteiger partial charge in [-0.25, -0.2) is 5.43 Å². The molecule has 0 aliphatic rings. The van der Waals surface area contributed by atoms with Crippen LogP contribution in [0.25, 0.3) is 0 Å². The highest BCUT2D eigenvalue weighted by Crippen LogP contribution is 2.39. The predicted molar refractivity (Wildman–Crippen MR) is 85.6 cm³/mol. The standard InChI is InChI=1S/C15H14F2N2O4S/c1-21-10-6-9(7-11(22-2)13(10)23-15(16)17)8-18-19-14(20)12-4-3-5-24-12/h3-8,15H,1-2H3,(H,19,20)/b18-8-. The van der Waals surface area contributed by atoms with Crippen LogP contribution in [0, 0.1) is 0 Å². The lowest BCUT2D eigenvalue weighted by molar-refractivity contribution is -0.0526. The van der Waals surface area contributed by atoms with Crippen molar-refractivity contribution in [3.63, 3.8) is 0 Å². The summed E-state index contributed by atoms with van der Waals surface area (Å²) in [5.41, 5.74) is 2.83. The van der Waals surface area contributed by atoms with E-state index in [1.54, 1.807) is 17.5 Å². The molecule has 1 aromatic heterocycles. The quantitative estimate of drug-likeness (QED) is 0.611. The van der Waals surface area contributed by atoms with Crippen LogP contribution in [0.15, 0.2) is 34.7 Å². The van der Waals surface area contributed by atoms with Crippen molar-refractivity contribution < 1.29 is 27.8 Å². The molecule has 0 radical (unpaired) electrons. The van der Waals surface area contributed by atoms with Gasteiger partial charge in [0.05, 0.1) is 25.3 Å². The Hall–Kier alpha value is -2.68. The van der Waals surface area contributed by atoms with E-state index < -0.39 is 6.61 Å². The fourth-order valence-electron chi connectivity index (χ4n) is 1.81. The van der Waals surface area contributed by atoms with E-state index >= 15 is 0 Å². The fraction of sp³-hybridized carbons (Fsp3) is 0.200. The average Bonchev–Trinajstić information content (AvgIpc) is 3.09. The molecule has 2 aromatic rings. The average molecular weight is 356 g/mol. The number of rotatable bonds is 7. The number of thiophene rings is 1. The third kappa shape index (κ3) is 4.42. The third-order valence-corrected chi connectivity index (χ3v) is 3.68. The van der Waals surface area contributed by atoms with E-state index in [2.05, 4.69) is 15.3 Å². The number of carbonyl (C=O) groups is 1. The van der Waals surface area contributed by atoms with Gasteiger partial charge in [-0.1, -0.05) is 6.07 Å². The Morgan fingerprint density at radius 1 is 1.29 bits per heavy atom. The molecule has 0 atom stereocenters. The number of hydrogen-bond acceptors (Lipinski definition) is 6. The van der Waals surface area contributed by atoms with Gasteiger partial charge in [0, 0.05) is 5.56 Å². The van der Waals surface area contributed by atoms with Gasteiger partial charge in [-0.3, -0.25) is 4.79 Å². The van der Waals surface area contributed by atoms with E-state index in [4.69, 9.17) is 9.47 Å². The second-order valence-electron chi connectivity index (χ2n) is 4.31. The molecule has 0 aliphatic carbocycles. The maximum absolute atomic E-state index is 12.5. The van der Waals surface area contributed by atoms with Crippen LogP contribution in [0.3, 0.4) is 0 Å². The molecule has 9 heteroatoms. The van der Waals surface area contributed by atoms with E-state index in [1.807, 2.05) is 0 Å². The van der Waals surface area contributed by atoms with Crippen LogP contribution in [-0.2, 0) is 0 Å². The lowest BCUT2D eigenvalue weighted by Crippen LogP contribution is -2.16. The maximum atomic E-state index is 12.5. The smallest absolute Gasteiger partial charge is 0.387 e. The fourth-order valence-corrected chi connectivity index (χ4v) is 2.42. The molecule has 0 bridgehead atoms. The van der Waals surface area contributed by atoms with Gasteiger partial charge < -0.3 is 14.2 Å². The minimum Gasteiger partial charge on any atom is -0.493 e. The summed E-state index contributed by atoms with van der Waals surface area (Å²) in [7, 11) is 2.62. The number of benzene rings is 1. The number of nitrogens with one attached hydrogen (secondary N) is 1. The summed E-state index contributed by atoms with van der Waals surface area (Å²) >= 11 is 1.28. The van der Waals surface area contributed by atoms with Crippen LogP contribution in [0.4, 0.5) is 8.78 Å². The Balaban J connectivity index is 2.18. The monoisotopic (exact) mass is 356 g/mol. The van der Waals surface area contributed by atoms with Gasteiger partial charge >= 0.3 is 6.61 Å². The van der Waals surface area contributed by atoms with Crippen molar-refractivity contribution in [1.29, 1.82) is 0 Å². The normalized spacial score (nSPS) is 10.9. The zero-order chi connectivity index (χ0) is 17.5. The number of carbonyl (C=O) groups excluding carboxylic acids is 1. The van der Waals surface area contributed by atoms with Crippen molar-refractivity contribution in [2.75, 3.05) is 14.2 Å². The van der Waals surface area contributed by atoms with E-state index in [9.17, 15) is 13.6 Å². The van der Waals surface area contributed by atoms with Gasteiger partial charge in [-0.15, -0.1) is 11.3 Å². The number of hydrazone groups is 1. The third-order valence-electron chi connectivity index (χ3n) is 2.81. The number of nitrogens with zero attached hydrogens (tertiary/aromatic N) is 1. The summed E-state index contributed by atoms with van der Waals surface area (Å²) in [5.74, 6) is -0.450. The molecule has 24 heavy (non-hydrogen) atoms. The van der Waals surface area contributed by atoms with E-state index in [-0.39, 0.29) is 23.2 Å². The van der Waals surface area contributed by atoms with E-state index in [0.717, 1.165) is 0 Å². The largest absolute Gasteiger partial charge is 0.493 e. The van der Waals surface area contributed by atoms with Crippen LogP contribution in [0.1, 0.15) is 15.2 Å². The molecule has 2 rings (SSSR count). The molecule has 0 saturated heterocycles. The molecule has 1 N–H and O–H groups in total. The molecule has 1 heterocycles. The molecule has 0 spiro atoms. The Morgan fingerprint density at radius 3 is 2.46 bits per heavy atom. The summed E-state index contributed by atoms with van der Waals surface area (Å²) in [6.07, 6.45) is 1.34. The van der Waals surface area contributed by atoms with Crippen molar-refractivity contribution in [2.45, 2.75) is 6.61 Å². The molecule has 6 nitrogen and oxygen atoms in total. The first-order valence-corrected chi connectivity index (χ1v) is 7.51. The summed E-state index contributed by atoms with van der Waals surface area (Å²) in [6.45, 7) is -3.02. The summed E-state index contributed by atoms with van der Waals surface area (Å²) in [5, 5.41) is 5.59. The second kappa shape index (κ2) is 8.25. The molecule has 1 amide bonds. The van der Waals surface area contributed by atoms with Crippen LogP contribution in [-0.4, -0.2) is 33.0 Å². The summed E-state index contributed by atoms with van der Waals surface area (Å²) < 4.78 is 39.4.